The van der Waals surface area contributed by atoms with Crippen LogP contribution < -0.4 is 16.0 Å². The number of benzene rings is 1. The van der Waals surface area contributed by atoms with Gasteiger partial charge >= 0.3 is 0 Å². The van der Waals surface area contributed by atoms with E-state index >= 15 is 0 Å². The van der Waals surface area contributed by atoms with Crippen molar-refractivity contribution >= 4 is 47.2 Å². The number of halogens is 1. The van der Waals surface area contributed by atoms with E-state index < -0.39 is 0 Å². The molecule has 0 radical (unpaired) electrons. The first kappa shape index (κ1) is 25.6. The van der Waals surface area contributed by atoms with E-state index in [1.54, 1.807) is 18.4 Å². The van der Waals surface area contributed by atoms with Gasteiger partial charge in [-0.2, -0.15) is 0 Å². The highest BCUT2D eigenvalue weighted by Crippen LogP contribution is 2.25. The number of carbonyl (C=O) groups is 1. The smallest absolute Gasteiger partial charge is 0.222 e. The highest BCUT2D eigenvalue weighted by Gasteiger charge is 2.23. The highest BCUT2D eigenvalue weighted by molar-refractivity contribution is 14.0. The lowest BCUT2D eigenvalue weighted by molar-refractivity contribution is -0.121. The summed E-state index contributed by atoms with van der Waals surface area (Å²) in [6.45, 7) is 5.23. The van der Waals surface area contributed by atoms with Gasteiger partial charge in [-0.1, -0.05) is 36.4 Å². The first-order valence-corrected chi connectivity index (χ1v) is 11.2. The predicted octanol–water partition coefficient (Wildman–Crippen LogP) is 2.61. The maximum absolute atomic E-state index is 12.1. The maximum atomic E-state index is 12.1. The van der Waals surface area contributed by atoms with Gasteiger partial charge in [-0.05, 0) is 17.0 Å². The van der Waals surface area contributed by atoms with E-state index in [9.17, 15) is 4.79 Å². The Balaban J connectivity index is 0.00000341. The fourth-order valence-corrected chi connectivity index (χ4v) is 4.23. The topological polar surface area (TPSA) is 78.0 Å². The van der Waals surface area contributed by atoms with Crippen LogP contribution in [-0.2, 0) is 16.1 Å². The first-order chi connectivity index (χ1) is 14.8. The molecule has 1 saturated heterocycles. The number of morpholine rings is 1. The molecule has 0 spiro atoms. The third-order valence-electron chi connectivity index (χ3n) is 5.02. The quantitative estimate of drug-likeness (QED) is 0.251. The third kappa shape index (κ3) is 8.76. The molecule has 1 amide bonds. The van der Waals surface area contributed by atoms with Crippen molar-refractivity contribution in [2.45, 2.75) is 19.0 Å². The molecule has 1 aliphatic heterocycles. The van der Waals surface area contributed by atoms with Gasteiger partial charge in [0.2, 0.25) is 5.91 Å². The van der Waals surface area contributed by atoms with Gasteiger partial charge in [0, 0.05) is 51.1 Å². The minimum absolute atomic E-state index is 0. The largest absolute Gasteiger partial charge is 0.379 e. The van der Waals surface area contributed by atoms with E-state index in [1.165, 1.54) is 4.88 Å². The molecule has 1 aliphatic rings. The number of thiophene rings is 1. The molecule has 1 unspecified atom stereocenters. The zero-order valence-electron chi connectivity index (χ0n) is 17.9. The number of nitrogens with one attached hydrogen (secondary N) is 3. The van der Waals surface area contributed by atoms with Crippen LogP contribution in [0.4, 0.5) is 0 Å². The van der Waals surface area contributed by atoms with Gasteiger partial charge in [-0.15, -0.1) is 35.3 Å². The summed E-state index contributed by atoms with van der Waals surface area (Å²) < 4.78 is 5.50. The number of amides is 1. The molecule has 1 aromatic heterocycles. The van der Waals surface area contributed by atoms with Gasteiger partial charge < -0.3 is 20.7 Å². The number of rotatable bonds is 9. The van der Waals surface area contributed by atoms with E-state index in [1.807, 2.05) is 30.3 Å². The van der Waals surface area contributed by atoms with Crippen molar-refractivity contribution in [1.82, 2.24) is 20.9 Å². The van der Waals surface area contributed by atoms with Crippen LogP contribution in [0.25, 0.3) is 0 Å². The molecule has 0 bridgehead atoms. The Bertz CT molecular complexity index is 782. The van der Waals surface area contributed by atoms with E-state index in [-0.39, 0.29) is 35.9 Å². The molecule has 9 heteroatoms. The maximum Gasteiger partial charge on any atom is 0.222 e. The zero-order chi connectivity index (χ0) is 21.0. The van der Waals surface area contributed by atoms with Gasteiger partial charge in [0.05, 0.1) is 19.3 Å². The van der Waals surface area contributed by atoms with E-state index in [2.05, 4.69) is 43.4 Å². The zero-order valence-corrected chi connectivity index (χ0v) is 21.0. The number of carbonyl (C=O) groups excluding carboxylic acids is 1. The molecule has 2 aromatic rings. The standard InChI is InChI=1S/C22H31N5O2S.HI/c1-23-22(24-10-9-21(28)25-16-18-6-3-2-4-7-18)26-17-19(20-8-5-15-30-20)27-11-13-29-14-12-27;/h2-8,15,19H,9-14,16-17H2,1H3,(H,25,28)(H2,23,24,26);1H. The van der Waals surface area contributed by atoms with Crippen LogP contribution in [-0.4, -0.2) is 63.2 Å². The number of aliphatic imine (C=N–C) groups is 1. The van der Waals surface area contributed by atoms with Gasteiger partial charge in [0.1, 0.15) is 0 Å². The minimum Gasteiger partial charge on any atom is -0.379 e. The summed E-state index contributed by atoms with van der Waals surface area (Å²) in [4.78, 5) is 20.2. The van der Waals surface area contributed by atoms with Crippen molar-refractivity contribution < 1.29 is 9.53 Å². The molecule has 7 nitrogen and oxygen atoms in total. The second-order valence-electron chi connectivity index (χ2n) is 7.07. The van der Waals surface area contributed by atoms with Crippen molar-refractivity contribution in [2.75, 3.05) is 46.4 Å². The molecular weight excluding hydrogens is 525 g/mol. The lowest BCUT2D eigenvalue weighted by atomic mass is 10.2. The van der Waals surface area contributed by atoms with Gasteiger partial charge in [0.15, 0.2) is 5.96 Å². The predicted molar refractivity (Wildman–Crippen MR) is 137 cm³/mol. The minimum atomic E-state index is 0. The van der Waals surface area contributed by atoms with Crippen molar-refractivity contribution in [1.29, 1.82) is 0 Å². The Hall–Kier alpha value is -1.69. The summed E-state index contributed by atoms with van der Waals surface area (Å²) in [7, 11) is 1.75. The fraction of sp³-hybridized carbons (Fsp3) is 0.455. The van der Waals surface area contributed by atoms with Crippen LogP contribution in [0, 0.1) is 0 Å². The van der Waals surface area contributed by atoms with Crippen LogP contribution >= 0.6 is 35.3 Å². The SMILES string of the molecule is CN=C(NCCC(=O)NCc1ccccc1)NCC(c1cccs1)N1CCOCC1.I. The molecule has 31 heavy (non-hydrogen) atoms. The lowest BCUT2D eigenvalue weighted by Crippen LogP contribution is -2.46. The number of hydrogen-bond acceptors (Lipinski definition) is 5. The number of hydrogen-bond donors (Lipinski definition) is 3. The average molecular weight is 558 g/mol. The van der Waals surface area contributed by atoms with Crippen LogP contribution in [0.15, 0.2) is 52.8 Å². The second-order valence-corrected chi connectivity index (χ2v) is 8.05. The summed E-state index contributed by atoms with van der Waals surface area (Å²) in [5, 5.41) is 11.7. The molecule has 0 aliphatic carbocycles. The number of nitrogens with zero attached hydrogens (tertiary/aromatic N) is 2. The Labute approximate surface area is 205 Å². The molecule has 3 N–H and O–H groups in total. The van der Waals surface area contributed by atoms with Crippen molar-refractivity contribution in [3.8, 4) is 0 Å². The Morgan fingerprint density at radius 1 is 1.13 bits per heavy atom. The molecule has 2 heterocycles. The number of ether oxygens (including phenoxy) is 1. The molecule has 1 aromatic carbocycles. The summed E-state index contributed by atoms with van der Waals surface area (Å²) in [5.74, 6) is 0.729. The van der Waals surface area contributed by atoms with Gasteiger partial charge in [-0.3, -0.25) is 14.7 Å². The molecule has 0 saturated carbocycles. The summed E-state index contributed by atoms with van der Waals surface area (Å²) in [5.41, 5.74) is 1.10. The summed E-state index contributed by atoms with van der Waals surface area (Å²) in [6, 6.07) is 14.5. The molecular formula is C22H32IN5O2S. The third-order valence-corrected chi connectivity index (χ3v) is 6.00. The Morgan fingerprint density at radius 3 is 2.58 bits per heavy atom. The summed E-state index contributed by atoms with van der Waals surface area (Å²) >= 11 is 1.77. The summed E-state index contributed by atoms with van der Waals surface area (Å²) in [6.07, 6.45) is 0.394. The van der Waals surface area contributed by atoms with Crippen molar-refractivity contribution in [3.05, 3.63) is 58.3 Å². The number of guanidine groups is 1. The van der Waals surface area contributed by atoms with E-state index in [4.69, 9.17) is 4.74 Å². The van der Waals surface area contributed by atoms with Crippen LogP contribution in [0.2, 0.25) is 0 Å². The van der Waals surface area contributed by atoms with Crippen LogP contribution in [0.3, 0.4) is 0 Å². The average Bonchev–Trinajstić information content (AvgIpc) is 3.32. The normalized spacial score (nSPS) is 15.6. The second kappa shape index (κ2) is 14.4. The monoisotopic (exact) mass is 557 g/mol. The lowest BCUT2D eigenvalue weighted by Gasteiger charge is -2.34. The van der Waals surface area contributed by atoms with Crippen LogP contribution in [0.5, 0.6) is 0 Å². The Kier molecular flexibility index (Phi) is 11.9. The van der Waals surface area contributed by atoms with Gasteiger partial charge in [-0.25, -0.2) is 0 Å². The van der Waals surface area contributed by atoms with Crippen molar-refractivity contribution in [2.24, 2.45) is 4.99 Å². The van der Waals surface area contributed by atoms with Gasteiger partial charge in [0.25, 0.3) is 0 Å². The molecule has 1 fully saturated rings. The first-order valence-electron chi connectivity index (χ1n) is 10.4. The van der Waals surface area contributed by atoms with E-state index in [0.29, 0.717) is 25.5 Å². The van der Waals surface area contributed by atoms with Crippen LogP contribution in [0.1, 0.15) is 22.9 Å². The molecule has 170 valence electrons. The molecule has 1 atom stereocenters. The molecule has 3 rings (SSSR count). The fourth-order valence-electron chi connectivity index (χ4n) is 3.37. The Morgan fingerprint density at radius 2 is 1.90 bits per heavy atom. The highest BCUT2D eigenvalue weighted by atomic mass is 127. The van der Waals surface area contributed by atoms with Crippen molar-refractivity contribution in [3.63, 3.8) is 0 Å². The van der Waals surface area contributed by atoms with E-state index in [0.717, 1.165) is 38.4 Å².